The summed E-state index contributed by atoms with van der Waals surface area (Å²) in [7, 11) is 0. The quantitative estimate of drug-likeness (QED) is 0.560. The van der Waals surface area contributed by atoms with Gasteiger partial charge in [-0.15, -0.1) is 0 Å². The fraction of sp³-hybridized carbons (Fsp3) is 0.429. The minimum absolute atomic E-state index is 0.155. The second-order valence-electron chi connectivity index (χ2n) is 10.7. The van der Waals surface area contributed by atoms with Crippen molar-refractivity contribution in [1.29, 1.82) is 0 Å². The van der Waals surface area contributed by atoms with Crippen molar-refractivity contribution in [1.82, 2.24) is 0 Å². The van der Waals surface area contributed by atoms with E-state index < -0.39 is 23.8 Å². The van der Waals surface area contributed by atoms with Crippen LogP contribution >= 0.6 is 0 Å². The molecular formula is C28H29F3N2O3. The van der Waals surface area contributed by atoms with Gasteiger partial charge in [-0.3, -0.25) is 9.59 Å². The Hall–Kier alpha value is -3.13. The van der Waals surface area contributed by atoms with Crippen LogP contribution in [-0.4, -0.2) is 29.6 Å². The molecule has 5 nitrogen and oxygen atoms in total. The number of fused-ring (bicyclic) bond motifs is 2. The molecule has 36 heavy (non-hydrogen) atoms. The van der Waals surface area contributed by atoms with E-state index in [1.54, 1.807) is 6.07 Å². The van der Waals surface area contributed by atoms with E-state index in [9.17, 15) is 27.9 Å². The summed E-state index contributed by atoms with van der Waals surface area (Å²) in [5, 5.41) is 13.0. The number of aryl methyl sites for hydroxylation is 1. The monoisotopic (exact) mass is 498 g/mol. The van der Waals surface area contributed by atoms with Crippen LogP contribution in [0, 0.1) is 11.3 Å². The number of hydrogen-bond donors (Lipinski definition) is 2. The van der Waals surface area contributed by atoms with Gasteiger partial charge in [-0.05, 0) is 66.0 Å². The van der Waals surface area contributed by atoms with Gasteiger partial charge in [-0.25, -0.2) is 0 Å². The first kappa shape index (κ1) is 24.6. The van der Waals surface area contributed by atoms with Crippen LogP contribution < -0.4 is 10.2 Å². The zero-order valence-corrected chi connectivity index (χ0v) is 20.3. The Kier molecular flexibility index (Phi) is 5.98. The number of halogens is 3. The minimum Gasteiger partial charge on any atom is -0.393 e. The van der Waals surface area contributed by atoms with E-state index in [0.29, 0.717) is 42.5 Å². The fourth-order valence-corrected chi connectivity index (χ4v) is 5.36. The molecule has 2 aliphatic carbocycles. The van der Waals surface area contributed by atoms with E-state index in [-0.39, 0.29) is 29.5 Å². The summed E-state index contributed by atoms with van der Waals surface area (Å²) in [6.45, 7) is 4.17. The van der Waals surface area contributed by atoms with Gasteiger partial charge in [-0.2, -0.15) is 13.2 Å². The van der Waals surface area contributed by atoms with Crippen LogP contribution in [0.25, 0.3) is 5.57 Å². The lowest BCUT2D eigenvalue weighted by atomic mass is 9.88. The van der Waals surface area contributed by atoms with Crippen LogP contribution in [0.1, 0.15) is 55.4 Å². The predicted molar refractivity (Wildman–Crippen MR) is 131 cm³/mol. The number of carbonyl (C=O) groups is 2. The average molecular weight is 499 g/mol. The lowest BCUT2D eigenvalue weighted by Crippen LogP contribution is -2.37. The van der Waals surface area contributed by atoms with Crippen molar-refractivity contribution in [2.75, 3.05) is 16.8 Å². The summed E-state index contributed by atoms with van der Waals surface area (Å²) in [6, 6.07) is 9.00. The number of aliphatic hydroxyl groups is 1. The van der Waals surface area contributed by atoms with Gasteiger partial charge in [0.15, 0.2) is 0 Å². The number of nitrogens with zero attached hydrogens (tertiary/aromatic N) is 1. The van der Waals surface area contributed by atoms with Crippen LogP contribution in [0.15, 0.2) is 42.5 Å². The van der Waals surface area contributed by atoms with E-state index >= 15 is 0 Å². The number of carbonyl (C=O) groups excluding carboxylic acids is 2. The lowest BCUT2D eigenvalue weighted by molar-refractivity contribution is -0.137. The highest BCUT2D eigenvalue weighted by molar-refractivity contribution is 6.07. The third kappa shape index (κ3) is 4.66. The van der Waals surface area contributed by atoms with E-state index in [1.807, 2.05) is 26.0 Å². The van der Waals surface area contributed by atoms with Crippen molar-refractivity contribution >= 4 is 28.8 Å². The number of aliphatic hydroxyl groups excluding tert-OH is 1. The molecule has 2 aromatic carbocycles. The second-order valence-corrected chi connectivity index (χ2v) is 10.7. The van der Waals surface area contributed by atoms with E-state index in [0.717, 1.165) is 29.7 Å². The number of nitrogens with one attached hydrogen (secondary N) is 1. The maximum absolute atomic E-state index is 13.5. The molecule has 0 saturated heterocycles. The van der Waals surface area contributed by atoms with Crippen LogP contribution in [0.4, 0.5) is 24.5 Å². The molecule has 8 heteroatoms. The van der Waals surface area contributed by atoms with E-state index in [1.165, 1.54) is 17.0 Å². The van der Waals surface area contributed by atoms with E-state index in [2.05, 4.69) is 5.32 Å². The Balaban J connectivity index is 1.45. The summed E-state index contributed by atoms with van der Waals surface area (Å²) >= 11 is 0. The lowest BCUT2D eigenvalue weighted by Gasteiger charge is -2.32. The van der Waals surface area contributed by atoms with Crippen molar-refractivity contribution in [2.24, 2.45) is 11.3 Å². The molecule has 3 aliphatic rings. The van der Waals surface area contributed by atoms with Crippen LogP contribution in [-0.2, 0) is 28.6 Å². The van der Waals surface area contributed by atoms with Crippen LogP contribution in [0.3, 0.4) is 0 Å². The first-order valence-electron chi connectivity index (χ1n) is 12.3. The molecule has 1 fully saturated rings. The van der Waals surface area contributed by atoms with Gasteiger partial charge in [0.2, 0.25) is 11.8 Å². The molecule has 0 bridgehead atoms. The first-order valence-corrected chi connectivity index (χ1v) is 12.3. The normalized spacial score (nSPS) is 23.6. The number of rotatable bonds is 3. The highest BCUT2D eigenvalue weighted by Crippen LogP contribution is 2.53. The second kappa shape index (κ2) is 8.76. The van der Waals surface area contributed by atoms with Gasteiger partial charge in [0.25, 0.3) is 0 Å². The largest absolute Gasteiger partial charge is 0.416 e. The van der Waals surface area contributed by atoms with Crippen molar-refractivity contribution in [2.45, 2.75) is 58.2 Å². The Morgan fingerprint density at radius 2 is 1.92 bits per heavy atom. The van der Waals surface area contributed by atoms with Gasteiger partial charge in [-0.1, -0.05) is 32.0 Å². The topological polar surface area (TPSA) is 69.6 Å². The number of hydrogen-bond acceptors (Lipinski definition) is 3. The smallest absolute Gasteiger partial charge is 0.393 e. The highest BCUT2D eigenvalue weighted by atomic mass is 19.4. The van der Waals surface area contributed by atoms with Crippen molar-refractivity contribution in [3.8, 4) is 0 Å². The molecule has 0 spiro atoms. The molecule has 0 radical (unpaired) electrons. The van der Waals surface area contributed by atoms with Gasteiger partial charge in [0, 0.05) is 36.2 Å². The number of benzene rings is 2. The highest BCUT2D eigenvalue weighted by Gasteiger charge is 2.52. The molecule has 1 saturated carbocycles. The van der Waals surface area contributed by atoms with Gasteiger partial charge in [0.1, 0.15) is 0 Å². The number of anilines is 2. The SMILES string of the molecule is CC1(C)CC1C(=O)N1CC/C(=C\C(=O)Nc2cccc3c2CC(O)CC3)c2ccc(C(F)(F)F)cc21. The zero-order chi connectivity index (χ0) is 25.8. The number of amides is 2. The van der Waals surface area contributed by atoms with Crippen molar-refractivity contribution < 1.29 is 27.9 Å². The molecule has 2 atom stereocenters. The molecule has 1 heterocycles. The Morgan fingerprint density at radius 3 is 2.61 bits per heavy atom. The fourth-order valence-electron chi connectivity index (χ4n) is 5.36. The third-order valence-electron chi connectivity index (χ3n) is 7.67. The molecule has 190 valence electrons. The molecular weight excluding hydrogens is 469 g/mol. The summed E-state index contributed by atoms with van der Waals surface area (Å²) in [5.74, 6) is -0.778. The van der Waals surface area contributed by atoms with Gasteiger partial charge in [0.05, 0.1) is 17.4 Å². The zero-order valence-electron chi connectivity index (χ0n) is 20.3. The molecule has 2 aromatic rings. The Bertz CT molecular complexity index is 1270. The van der Waals surface area contributed by atoms with Gasteiger partial charge >= 0.3 is 6.18 Å². The molecule has 5 rings (SSSR count). The number of alkyl halides is 3. The summed E-state index contributed by atoms with van der Waals surface area (Å²) in [6.07, 6.45) is -0.655. The molecule has 2 unspecified atom stereocenters. The Morgan fingerprint density at radius 1 is 1.17 bits per heavy atom. The van der Waals surface area contributed by atoms with Gasteiger partial charge < -0.3 is 15.3 Å². The minimum atomic E-state index is -4.54. The van der Waals surface area contributed by atoms with Crippen LogP contribution in [0.2, 0.25) is 0 Å². The molecule has 0 aromatic heterocycles. The third-order valence-corrected chi connectivity index (χ3v) is 7.67. The van der Waals surface area contributed by atoms with Crippen LogP contribution in [0.5, 0.6) is 0 Å². The molecule has 2 amide bonds. The molecule has 1 aliphatic heterocycles. The van der Waals surface area contributed by atoms with Crippen molar-refractivity contribution in [3.63, 3.8) is 0 Å². The first-order chi connectivity index (χ1) is 16.9. The molecule has 2 N–H and O–H groups in total. The average Bonchev–Trinajstić information content (AvgIpc) is 3.46. The van der Waals surface area contributed by atoms with Crippen molar-refractivity contribution in [3.05, 3.63) is 64.7 Å². The maximum Gasteiger partial charge on any atom is 0.416 e. The standard InChI is InChI=1S/C28H29F3N2O3/c1-27(2)15-22(27)26(36)33-11-10-17(20-9-7-18(13-24(20)33)28(29,30)31)12-25(35)32-23-5-3-4-16-6-8-19(34)14-21(16)23/h3-5,7,9,12-13,19,22,34H,6,8,10-11,14-15H2,1-2H3,(H,32,35)/b17-12+. The predicted octanol–water partition coefficient (Wildman–Crippen LogP) is 5.36. The summed E-state index contributed by atoms with van der Waals surface area (Å²) in [4.78, 5) is 27.6. The summed E-state index contributed by atoms with van der Waals surface area (Å²) in [5.41, 5.74) is 2.89. The summed E-state index contributed by atoms with van der Waals surface area (Å²) < 4.78 is 40.5. The van der Waals surface area contributed by atoms with E-state index in [4.69, 9.17) is 0 Å². The Labute approximate surface area is 208 Å². The maximum atomic E-state index is 13.5.